The molecule has 5 heteroatoms. The Labute approximate surface area is 111 Å². The second-order valence-electron chi connectivity index (χ2n) is 5.16. The quantitative estimate of drug-likeness (QED) is 0.731. The molecule has 3 N–H and O–H groups in total. The number of aliphatic carboxylic acids is 1. The van der Waals surface area contributed by atoms with E-state index in [1.807, 2.05) is 30.3 Å². The van der Waals surface area contributed by atoms with Crippen LogP contribution in [0.15, 0.2) is 30.3 Å². The molecular formula is C14H17NO4. The van der Waals surface area contributed by atoms with E-state index in [2.05, 4.69) is 5.32 Å². The van der Waals surface area contributed by atoms with Gasteiger partial charge in [0, 0.05) is 5.92 Å². The third kappa shape index (κ3) is 3.12. The highest BCUT2D eigenvalue weighted by Crippen LogP contribution is 2.47. The van der Waals surface area contributed by atoms with E-state index >= 15 is 0 Å². The van der Waals surface area contributed by atoms with E-state index in [1.165, 1.54) is 0 Å². The predicted octanol–water partition coefficient (Wildman–Crippen LogP) is 0.742. The lowest BCUT2D eigenvalue weighted by atomic mass is 10.1. The van der Waals surface area contributed by atoms with E-state index in [9.17, 15) is 14.7 Å². The van der Waals surface area contributed by atoms with E-state index in [0.717, 1.165) is 18.9 Å². The molecule has 1 fully saturated rings. The fourth-order valence-electron chi connectivity index (χ4n) is 2.02. The van der Waals surface area contributed by atoms with E-state index < -0.39 is 11.6 Å². The van der Waals surface area contributed by atoms with Crippen molar-refractivity contribution >= 4 is 11.9 Å². The summed E-state index contributed by atoms with van der Waals surface area (Å²) in [7, 11) is 0. The monoisotopic (exact) mass is 263 g/mol. The topological polar surface area (TPSA) is 86.6 Å². The largest absolute Gasteiger partial charge is 0.479 e. The lowest BCUT2D eigenvalue weighted by molar-refractivity contribution is -0.156. The summed E-state index contributed by atoms with van der Waals surface area (Å²) in [6, 6.07) is 9.73. The molecule has 1 aliphatic carbocycles. The molecule has 0 aliphatic heterocycles. The molecular weight excluding hydrogens is 246 g/mol. The van der Waals surface area contributed by atoms with Gasteiger partial charge in [-0.15, -0.1) is 0 Å². The molecule has 0 spiro atoms. The van der Waals surface area contributed by atoms with Crippen molar-refractivity contribution in [3.05, 3.63) is 35.9 Å². The van der Waals surface area contributed by atoms with Gasteiger partial charge in [0.05, 0.1) is 6.54 Å². The number of rotatable bonds is 5. The second kappa shape index (κ2) is 5.01. The Hall–Kier alpha value is -1.88. The zero-order chi connectivity index (χ0) is 14.0. The van der Waals surface area contributed by atoms with Crippen molar-refractivity contribution < 1.29 is 19.8 Å². The molecule has 1 amide bonds. The Morgan fingerprint density at radius 2 is 2.00 bits per heavy atom. The molecule has 1 aliphatic rings. The van der Waals surface area contributed by atoms with Crippen molar-refractivity contribution in [1.29, 1.82) is 0 Å². The summed E-state index contributed by atoms with van der Waals surface area (Å²) < 4.78 is 0. The number of nitrogens with one attached hydrogen (secondary N) is 1. The molecule has 1 saturated carbocycles. The summed E-state index contributed by atoms with van der Waals surface area (Å²) in [5, 5.41) is 20.7. The number of aliphatic hydroxyl groups is 1. The Morgan fingerprint density at radius 1 is 1.37 bits per heavy atom. The number of benzene rings is 1. The van der Waals surface area contributed by atoms with E-state index in [0.29, 0.717) is 0 Å². The number of hydrogen-bond acceptors (Lipinski definition) is 3. The normalized spacial score (nSPS) is 24.3. The van der Waals surface area contributed by atoms with Crippen LogP contribution in [0, 0.1) is 5.92 Å². The van der Waals surface area contributed by atoms with Crippen LogP contribution in [0.4, 0.5) is 0 Å². The van der Waals surface area contributed by atoms with E-state index in [4.69, 9.17) is 5.11 Å². The molecule has 1 aromatic carbocycles. The number of amides is 1. The molecule has 3 unspecified atom stereocenters. The van der Waals surface area contributed by atoms with Crippen LogP contribution in [-0.2, 0) is 9.59 Å². The van der Waals surface area contributed by atoms with Crippen molar-refractivity contribution in [3.63, 3.8) is 0 Å². The number of carboxylic acid groups (broad SMARTS) is 1. The van der Waals surface area contributed by atoms with Crippen molar-refractivity contribution in [3.8, 4) is 0 Å². The van der Waals surface area contributed by atoms with Gasteiger partial charge < -0.3 is 15.5 Å². The molecule has 0 bridgehead atoms. The summed E-state index contributed by atoms with van der Waals surface area (Å²) in [5.41, 5.74) is -0.806. The maximum atomic E-state index is 11.8. The maximum absolute atomic E-state index is 11.8. The average Bonchev–Trinajstić information content (AvgIpc) is 3.17. The number of carboxylic acids is 1. The van der Waals surface area contributed by atoms with Crippen LogP contribution >= 0.6 is 0 Å². The summed E-state index contributed by atoms with van der Waals surface area (Å²) in [5.74, 6) is -1.46. The molecule has 0 saturated heterocycles. The molecule has 19 heavy (non-hydrogen) atoms. The number of carbonyl (C=O) groups excluding carboxylic acids is 1. The molecule has 102 valence electrons. The third-order valence-electron chi connectivity index (χ3n) is 3.42. The van der Waals surface area contributed by atoms with Gasteiger partial charge in [-0.1, -0.05) is 30.3 Å². The summed E-state index contributed by atoms with van der Waals surface area (Å²) in [6.45, 7) is 0.885. The fraction of sp³-hybridized carbons (Fsp3) is 0.429. The minimum Gasteiger partial charge on any atom is -0.479 e. The molecule has 0 radical (unpaired) electrons. The first-order chi connectivity index (χ1) is 8.92. The van der Waals surface area contributed by atoms with Gasteiger partial charge in [-0.2, -0.15) is 0 Å². The number of hydrogen-bond donors (Lipinski definition) is 3. The van der Waals surface area contributed by atoms with Crippen LogP contribution in [0.5, 0.6) is 0 Å². The van der Waals surface area contributed by atoms with Gasteiger partial charge in [0.2, 0.25) is 5.91 Å². The van der Waals surface area contributed by atoms with Crippen LogP contribution in [0.1, 0.15) is 24.8 Å². The minimum absolute atomic E-state index is 0.119. The smallest absolute Gasteiger partial charge is 0.337 e. The van der Waals surface area contributed by atoms with Crippen LogP contribution in [0.25, 0.3) is 0 Å². The van der Waals surface area contributed by atoms with Crippen molar-refractivity contribution in [2.24, 2.45) is 5.92 Å². The van der Waals surface area contributed by atoms with Gasteiger partial charge in [0.15, 0.2) is 5.60 Å². The molecule has 0 heterocycles. The highest BCUT2D eigenvalue weighted by molar-refractivity contribution is 5.84. The Morgan fingerprint density at radius 3 is 2.58 bits per heavy atom. The van der Waals surface area contributed by atoms with Crippen molar-refractivity contribution in [2.75, 3.05) is 6.54 Å². The van der Waals surface area contributed by atoms with E-state index in [-0.39, 0.29) is 24.3 Å². The van der Waals surface area contributed by atoms with Gasteiger partial charge in [0.1, 0.15) is 0 Å². The van der Waals surface area contributed by atoms with Crippen LogP contribution < -0.4 is 5.32 Å². The molecule has 0 aromatic heterocycles. The SMILES string of the molecule is CC(O)(CNC(=O)C1CC1c1ccccc1)C(=O)O. The second-order valence-corrected chi connectivity index (χ2v) is 5.16. The predicted molar refractivity (Wildman–Crippen MR) is 68.6 cm³/mol. The lowest BCUT2D eigenvalue weighted by Crippen LogP contribution is -2.47. The molecule has 2 rings (SSSR count). The molecule has 5 nitrogen and oxygen atoms in total. The first-order valence-corrected chi connectivity index (χ1v) is 6.20. The summed E-state index contributed by atoms with van der Waals surface area (Å²) in [6.07, 6.45) is 0.769. The van der Waals surface area contributed by atoms with Gasteiger partial charge in [-0.05, 0) is 24.8 Å². The van der Waals surface area contributed by atoms with Crippen molar-refractivity contribution in [2.45, 2.75) is 24.9 Å². The number of carbonyl (C=O) groups is 2. The van der Waals surface area contributed by atoms with Gasteiger partial charge >= 0.3 is 5.97 Å². The first-order valence-electron chi connectivity index (χ1n) is 6.20. The summed E-state index contributed by atoms with van der Waals surface area (Å²) in [4.78, 5) is 22.5. The molecule has 1 aromatic rings. The van der Waals surface area contributed by atoms with Gasteiger partial charge in [-0.25, -0.2) is 4.79 Å². The highest BCUT2D eigenvalue weighted by atomic mass is 16.4. The first kappa shape index (κ1) is 13.5. The Kier molecular flexibility index (Phi) is 3.57. The minimum atomic E-state index is -1.92. The third-order valence-corrected chi connectivity index (χ3v) is 3.42. The fourth-order valence-corrected chi connectivity index (χ4v) is 2.02. The van der Waals surface area contributed by atoms with Crippen molar-refractivity contribution in [1.82, 2.24) is 5.32 Å². The van der Waals surface area contributed by atoms with Crippen LogP contribution in [-0.4, -0.2) is 34.2 Å². The van der Waals surface area contributed by atoms with Crippen LogP contribution in [0.2, 0.25) is 0 Å². The Bertz CT molecular complexity index is 483. The highest BCUT2D eigenvalue weighted by Gasteiger charge is 2.44. The summed E-state index contributed by atoms with van der Waals surface area (Å²) >= 11 is 0. The van der Waals surface area contributed by atoms with Gasteiger partial charge in [0.25, 0.3) is 0 Å². The zero-order valence-corrected chi connectivity index (χ0v) is 10.7. The standard InChI is InChI=1S/C14H17NO4/c1-14(19,13(17)18)8-15-12(16)11-7-10(11)9-5-3-2-4-6-9/h2-6,10-11,19H,7-8H2,1H3,(H,15,16)(H,17,18). The van der Waals surface area contributed by atoms with E-state index in [1.54, 1.807) is 0 Å². The average molecular weight is 263 g/mol. The van der Waals surface area contributed by atoms with Gasteiger partial charge in [-0.3, -0.25) is 4.79 Å². The Balaban J connectivity index is 1.86. The molecule has 3 atom stereocenters. The maximum Gasteiger partial charge on any atom is 0.337 e. The zero-order valence-electron chi connectivity index (χ0n) is 10.7. The van der Waals surface area contributed by atoms with Crippen LogP contribution in [0.3, 0.4) is 0 Å². The lowest BCUT2D eigenvalue weighted by Gasteiger charge is -2.18.